The van der Waals surface area contributed by atoms with E-state index in [0.29, 0.717) is 0 Å². The van der Waals surface area contributed by atoms with Crippen molar-refractivity contribution < 1.29 is 16.8 Å². The first-order chi connectivity index (χ1) is 13.4. The second-order valence-corrected chi connectivity index (χ2v) is 11.6. The summed E-state index contributed by atoms with van der Waals surface area (Å²) in [6.07, 6.45) is 0. The van der Waals surface area contributed by atoms with Crippen molar-refractivity contribution in [2.45, 2.75) is 50.5 Å². The summed E-state index contributed by atoms with van der Waals surface area (Å²) in [6, 6.07) is 9.71. The zero-order valence-corrected chi connectivity index (χ0v) is 19.1. The summed E-state index contributed by atoms with van der Waals surface area (Å²) < 4.78 is 55.2. The van der Waals surface area contributed by atoms with Gasteiger partial charge in [0.15, 0.2) is 0 Å². The lowest BCUT2D eigenvalue weighted by atomic mass is 10.1. The number of benzene rings is 2. The van der Waals surface area contributed by atoms with Crippen molar-refractivity contribution in [3.63, 3.8) is 0 Å². The van der Waals surface area contributed by atoms with E-state index in [9.17, 15) is 16.8 Å². The first kappa shape index (κ1) is 22.0. The molecule has 0 amide bonds. The molecule has 1 atom stereocenters. The van der Waals surface area contributed by atoms with Gasteiger partial charge in [0.1, 0.15) is 0 Å². The van der Waals surface area contributed by atoms with Gasteiger partial charge in [0.05, 0.1) is 9.79 Å². The fourth-order valence-electron chi connectivity index (χ4n) is 3.52. The molecule has 0 unspecified atom stereocenters. The molecule has 0 spiro atoms. The highest BCUT2D eigenvalue weighted by Crippen LogP contribution is 2.26. The lowest BCUT2D eigenvalue weighted by Crippen LogP contribution is -2.55. The van der Waals surface area contributed by atoms with Gasteiger partial charge in [-0.3, -0.25) is 0 Å². The Morgan fingerprint density at radius 3 is 1.66 bits per heavy atom. The van der Waals surface area contributed by atoms with E-state index in [-0.39, 0.29) is 29.4 Å². The molecule has 1 saturated heterocycles. The van der Waals surface area contributed by atoms with Crippen LogP contribution in [0.2, 0.25) is 0 Å². The summed E-state index contributed by atoms with van der Waals surface area (Å²) in [4.78, 5) is 0.496. The molecule has 1 aliphatic rings. The number of hydrogen-bond donors (Lipinski definition) is 0. The monoisotopic (exact) mass is 436 g/mol. The van der Waals surface area contributed by atoms with Gasteiger partial charge in [-0.25, -0.2) is 16.8 Å². The van der Waals surface area contributed by atoms with Gasteiger partial charge in [-0.15, -0.1) is 0 Å². The number of piperazine rings is 1. The SMILES string of the molecule is Cc1ccc(S(=O)(=O)N2CCN(S(=O)(=O)c3ccc(C)c(C)c3)[C@@H](C)C2)cc1C. The first-order valence-corrected chi connectivity index (χ1v) is 12.5. The molecule has 3 rings (SSSR count). The maximum Gasteiger partial charge on any atom is 0.243 e. The van der Waals surface area contributed by atoms with Gasteiger partial charge in [0.2, 0.25) is 20.0 Å². The highest BCUT2D eigenvalue weighted by atomic mass is 32.2. The first-order valence-electron chi connectivity index (χ1n) is 9.61. The van der Waals surface area contributed by atoms with Crippen LogP contribution in [0.1, 0.15) is 29.2 Å². The van der Waals surface area contributed by atoms with Crippen LogP contribution in [0.5, 0.6) is 0 Å². The van der Waals surface area contributed by atoms with E-state index >= 15 is 0 Å². The fraction of sp³-hybridized carbons (Fsp3) is 0.429. The minimum Gasteiger partial charge on any atom is -0.207 e. The summed E-state index contributed by atoms with van der Waals surface area (Å²) in [6.45, 7) is 9.76. The van der Waals surface area contributed by atoms with Crippen LogP contribution in [0.4, 0.5) is 0 Å². The van der Waals surface area contributed by atoms with Crippen molar-refractivity contribution in [2.75, 3.05) is 19.6 Å². The van der Waals surface area contributed by atoms with Gasteiger partial charge >= 0.3 is 0 Å². The Kier molecular flexibility index (Phi) is 5.93. The molecule has 0 radical (unpaired) electrons. The highest BCUT2D eigenvalue weighted by molar-refractivity contribution is 7.89. The average Bonchev–Trinajstić information content (AvgIpc) is 2.65. The lowest BCUT2D eigenvalue weighted by molar-refractivity contribution is 0.212. The number of hydrogen-bond acceptors (Lipinski definition) is 4. The summed E-state index contributed by atoms with van der Waals surface area (Å²) in [5, 5.41) is 0. The van der Waals surface area contributed by atoms with Crippen LogP contribution >= 0.6 is 0 Å². The average molecular weight is 437 g/mol. The van der Waals surface area contributed by atoms with Gasteiger partial charge in [0.25, 0.3) is 0 Å². The van der Waals surface area contributed by atoms with Crippen molar-refractivity contribution in [3.05, 3.63) is 58.7 Å². The zero-order valence-electron chi connectivity index (χ0n) is 17.5. The minimum absolute atomic E-state index is 0.124. The maximum atomic E-state index is 13.1. The Labute approximate surface area is 174 Å². The standard InChI is InChI=1S/C21H28N2O4S2/c1-15-6-8-20(12-17(15)3)28(24,25)22-10-11-23(19(5)14-22)29(26,27)21-9-7-16(2)18(4)13-21/h6-9,12-13,19H,10-11,14H2,1-5H3/t19-/m0/s1. The fourth-order valence-corrected chi connectivity index (χ4v) is 6.81. The van der Waals surface area contributed by atoms with Crippen LogP contribution in [-0.4, -0.2) is 51.1 Å². The van der Waals surface area contributed by atoms with Crippen LogP contribution in [0.15, 0.2) is 46.2 Å². The molecule has 6 nitrogen and oxygen atoms in total. The van der Waals surface area contributed by atoms with Crippen molar-refractivity contribution in [1.82, 2.24) is 8.61 Å². The Morgan fingerprint density at radius 2 is 1.21 bits per heavy atom. The van der Waals surface area contributed by atoms with E-state index in [0.717, 1.165) is 22.3 Å². The predicted molar refractivity (Wildman–Crippen MR) is 114 cm³/mol. The quantitative estimate of drug-likeness (QED) is 0.738. The topological polar surface area (TPSA) is 74.8 Å². The van der Waals surface area contributed by atoms with E-state index < -0.39 is 26.1 Å². The van der Waals surface area contributed by atoms with Crippen molar-refractivity contribution in [3.8, 4) is 0 Å². The van der Waals surface area contributed by atoms with E-state index in [4.69, 9.17) is 0 Å². The molecule has 2 aromatic rings. The molecule has 0 N–H and O–H groups in total. The normalized spacial score (nSPS) is 19.4. The van der Waals surface area contributed by atoms with E-state index in [2.05, 4.69) is 0 Å². The third kappa shape index (κ3) is 4.12. The highest BCUT2D eigenvalue weighted by Gasteiger charge is 2.38. The summed E-state index contributed by atoms with van der Waals surface area (Å²) in [7, 11) is -7.35. The van der Waals surface area contributed by atoms with E-state index in [1.807, 2.05) is 27.7 Å². The third-order valence-electron chi connectivity index (χ3n) is 5.73. The van der Waals surface area contributed by atoms with Crippen LogP contribution in [0.3, 0.4) is 0 Å². The second kappa shape index (κ2) is 7.83. The van der Waals surface area contributed by atoms with Crippen LogP contribution in [0.25, 0.3) is 0 Å². The van der Waals surface area contributed by atoms with Gasteiger partial charge in [-0.2, -0.15) is 8.61 Å². The van der Waals surface area contributed by atoms with Crippen molar-refractivity contribution in [1.29, 1.82) is 0 Å². The molecule has 0 aromatic heterocycles. The van der Waals surface area contributed by atoms with Gasteiger partial charge < -0.3 is 0 Å². The lowest BCUT2D eigenvalue weighted by Gasteiger charge is -2.38. The molecule has 0 aliphatic carbocycles. The molecule has 29 heavy (non-hydrogen) atoms. The summed E-state index contributed by atoms with van der Waals surface area (Å²) in [5.74, 6) is 0. The molecule has 8 heteroatoms. The minimum atomic E-state index is -3.68. The molecule has 158 valence electrons. The Hall–Kier alpha value is -1.74. The number of rotatable bonds is 4. The summed E-state index contributed by atoms with van der Waals surface area (Å²) in [5.41, 5.74) is 3.88. The molecular weight excluding hydrogens is 408 g/mol. The third-order valence-corrected chi connectivity index (χ3v) is 9.60. The Balaban J connectivity index is 1.84. The maximum absolute atomic E-state index is 13.1. The Bertz CT molecular complexity index is 1140. The molecular formula is C21H28N2O4S2. The molecule has 1 fully saturated rings. The smallest absolute Gasteiger partial charge is 0.207 e. The van der Waals surface area contributed by atoms with Crippen molar-refractivity contribution in [2.24, 2.45) is 0 Å². The molecule has 0 saturated carbocycles. The molecule has 1 heterocycles. The number of nitrogens with zero attached hydrogens (tertiary/aromatic N) is 2. The predicted octanol–water partition coefficient (Wildman–Crippen LogP) is 3.00. The van der Waals surface area contributed by atoms with E-state index in [1.54, 1.807) is 43.3 Å². The Morgan fingerprint density at radius 1 is 0.724 bits per heavy atom. The zero-order chi connectivity index (χ0) is 21.6. The largest absolute Gasteiger partial charge is 0.243 e. The van der Waals surface area contributed by atoms with Gasteiger partial charge in [-0.05, 0) is 81.1 Å². The van der Waals surface area contributed by atoms with Crippen molar-refractivity contribution >= 4 is 20.0 Å². The summed E-state index contributed by atoms with van der Waals surface area (Å²) >= 11 is 0. The molecule has 2 aromatic carbocycles. The van der Waals surface area contributed by atoms with Gasteiger partial charge in [0, 0.05) is 25.7 Å². The molecule has 0 bridgehead atoms. The number of aryl methyl sites for hydroxylation is 4. The van der Waals surface area contributed by atoms with Gasteiger partial charge in [-0.1, -0.05) is 12.1 Å². The molecule has 1 aliphatic heterocycles. The van der Waals surface area contributed by atoms with E-state index in [1.165, 1.54) is 8.61 Å². The van der Waals surface area contributed by atoms with Crippen LogP contribution in [-0.2, 0) is 20.0 Å². The van der Waals surface area contributed by atoms with Crippen LogP contribution < -0.4 is 0 Å². The second-order valence-electron chi connectivity index (χ2n) is 7.82. The number of sulfonamides is 2. The van der Waals surface area contributed by atoms with Crippen LogP contribution in [0, 0.1) is 27.7 Å².